The number of rotatable bonds is 4. The van der Waals surface area contributed by atoms with Crippen LogP contribution < -0.4 is 10.6 Å². The molecule has 0 aliphatic heterocycles. The molecule has 2 nitrogen and oxygen atoms in total. The Hall–Kier alpha value is -0.800. The summed E-state index contributed by atoms with van der Waals surface area (Å²) >= 11 is 11.2. The van der Waals surface area contributed by atoms with E-state index in [1.807, 2.05) is 18.2 Å². The summed E-state index contributed by atoms with van der Waals surface area (Å²) in [6.45, 7) is 1.08. The predicted octanol–water partition coefficient (Wildman–Crippen LogP) is 3.21. The molecule has 1 aliphatic carbocycles. The third-order valence-corrected chi connectivity index (χ3v) is 3.94. The van der Waals surface area contributed by atoms with Gasteiger partial charge in [0, 0.05) is 19.2 Å². The minimum Gasteiger partial charge on any atom is -0.389 e. The summed E-state index contributed by atoms with van der Waals surface area (Å²) in [4.78, 5) is 2.61. The molecule has 0 unspecified atom stereocenters. The van der Waals surface area contributed by atoms with Crippen molar-refractivity contribution in [2.75, 3.05) is 18.5 Å². The number of benzene rings is 1. The van der Waals surface area contributed by atoms with Gasteiger partial charge in [-0.15, -0.1) is 0 Å². The first kappa shape index (κ1) is 12.7. The van der Waals surface area contributed by atoms with Gasteiger partial charge in [0.2, 0.25) is 0 Å². The van der Waals surface area contributed by atoms with E-state index in [-0.39, 0.29) is 0 Å². The van der Waals surface area contributed by atoms with Gasteiger partial charge in [-0.25, -0.2) is 0 Å². The van der Waals surface area contributed by atoms with Gasteiger partial charge in [-0.1, -0.05) is 30.2 Å². The van der Waals surface area contributed by atoms with Crippen molar-refractivity contribution in [3.05, 3.63) is 28.8 Å². The van der Waals surface area contributed by atoms with Crippen molar-refractivity contribution in [3.63, 3.8) is 0 Å². The van der Waals surface area contributed by atoms with Crippen LogP contribution in [0.15, 0.2) is 18.2 Å². The van der Waals surface area contributed by atoms with Crippen molar-refractivity contribution in [1.29, 1.82) is 0 Å². The molecular formula is C13H17ClN2S. The Balaban J connectivity index is 2.11. The van der Waals surface area contributed by atoms with E-state index in [4.69, 9.17) is 29.6 Å². The molecule has 0 radical (unpaired) electrons. The van der Waals surface area contributed by atoms with Crippen LogP contribution in [0, 0.1) is 5.92 Å². The molecule has 0 atom stereocenters. The molecule has 17 heavy (non-hydrogen) atoms. The number of thiocarbonyl (C=S) groups is 1. The highest BCUT2D eigenvalue weighted by atomic mass is 35.5. The Morgan fingerprint density at radius 2 is 2.24 bits per heavy atom. The second-order valence-corrected chi connectivity index (χ2v) is 5.55. The van der Waals surface area contributed by atoms with Crippen molar-refractivity contribution < 1.29 is 0 Å². The number of anilines is 1. The summed E-state index contributed by atoms with van der Waals surface area (Å²) in [7, 11) is 2.08. The van der Waals surface area contributed by atoms with Crippen molar-refractivity contribution in [2.45, 2.75) is 19.3 Å². The minimum atomic E-state index is 0.389. The van der Waals surface area contributed by atoms with E-state index < -0.39 is 0 Å². The lowest BCUT2D eigenvalue weighted by Gasteiger charge is -2.31. The van der Waals surface area contributed by atoms with Gasteiger partial charge >= 0.3 is 0 Å². The lowest BCUT2D eigenvalue weighted by atomic mass is 9.85. The minimum absolute atomic E-state index is 0.389. The molecule has 0 heterocycles. The first-order chi connectivity index (χ1) is 8.08. The monoisotopic (exact) mass is 268 g/mol. The lowest BCUT2D eigenvalue weighted by Crippen LogP contribution is -2.29. The van der Waals surface area contributed by atoms with Gasteiger partial charge < -0.3 is 10.6 Å². The third kappa shape index (κ3) is 2.90. The molecule has 2 rings (SSSR count). The van der Waals surface area contributed by atoms with Gasteiger partial charge in [0.05, 0.1) is 10.7 Å². The molecule has 2 N–H and O–H groups in total. The molecule has 0 aromatic heterocycles. The Morgan fingerprint density at radius 3 is 2.71 bits per heavy atom. The second-order valence-electron chi connectivity index (χ2n) is 4.71. The molecular weight excluding hydrogens is 252 g/mol. The van der Waals surface area contributed by atoms with Gasteiger partial charge in [-0.05, 0) is 37.0 Å². The number of nitrogens with zero attached hydrogens (tertiary/aromatic N) is 1. The second kappa shape index (κ2) is 5.23. The van der Waals surface area contributed by atoms with E-state index in [9.17, 15) is 0 Å². The standard InChI is InChI=1S/C13H17ClN2S/c1-16(8-9-3-2-4-9)12-6-5-10(13(15)17)7-11(12)14/h5-7,9H,2-4,8H2,1H3,(H2,15,17). The Kier molecular flexibility index (Phi) is 3.89. The highest BCUT2D eigenvalue weighted by molar-refractivity contribution is 7.80. The fraction of sp³-hybridized carbons (Fsp3) is 0.462. The molecule has 0 amide bonds. The van der Waals surface area contributed by atoms with Gasteiger partial charge in [0.1, 0.15) is 4.99 Å². The highest BCUT2D eigenvalue weighted by Gasteiger charge is 2.20. The van der Waals surface area contributed by atoms with Crippen molar-refractivity contribution >= 4 is 34.5 Å². The maximum Gasteiger partial charge on any atom is 0.104 e. The molecule has 1 aliphatic rings. The SMILES string of the molecule is CN(CC1CCC1)c1ccc(C(N)=S)cc1Cl. The lowest BCUT2D eigenvalue weighted by molar-refractivity contribution is 0.321. The zero-order valence-electron chi connectivity index (χ0n) is 9.95. The Bertz CT molecular complexity index is 429. The molecule has 1 fully saturated rings. The van der Waals surface area contributed by atoms with Crippen molar-refractivity contribution in [1.82, 2.24) is 0 Å². The molecule has 1 saturated carbocycles. The largest absolute Gasteiger partial charge is 0.389 e. The molecule has 0 saturated heterocycles. The van der Waals surface area contributed by atoms with Gasteiger partial charge in [-0.3, -0.25) is 0 Å². The zero-order valence-corrected chi connectivity index (χ0v) is 11.5. The normalized spacial score (nSPS) is 15.4. The predicted molar refractivity (Wildman–Crippen MR) is 78.0 cm³/mol. The van der Waals surface area contributed by atoms with Crippen LogP contribution in [0.25, 0.3) is 0 Å². The molecule has 4 heteroatoms. The molecule has 0 bridgehead atoms. The summed E-state index contributed by atoms with van der Waals surface area (Å²) in [5, 5.41) is 0.720. The first-order valence-corrected chi connectivity index (χ1v) is 6.67. The first-order valence-electron chi connectivity index (χ1n) is 5.88. The smallest absolute Gasteiger partial charge is 0.104 e. The number of hydrogen-bond donors (Lipinski definition) is 1. The molecule has 1 aromatic rings. The van der Waals surface area contributed by atoms with Crippen LogP contribution in [0.2, 0.25) is 5.02 Å². The Labute approximate surface area is 113 Å². The van der Waals surface area contributed by atoms with Crippen LogP contribution in [0.1, 0.15) is 24.8 Å². The van der Waals surface area contributed by atoms with E-state index in [0.29, 0.717) is 4.99 Å². The van der Waals surface area contributed by atoms with E-state index in [1.54, 1.807) is 0 Å². The van der Waals surface area contributed by atoms with E-state index >= 15 is 0 Å². The summed E-state index contributed by atoms with van der Waals surface area (Å²) in [6, 6.07) is 5.77. The van der Waals surface area contributed by atoms with Crippen molar-refractivity contribution in [2.24, 2.45) is 11.7 Å². The van der Waals surface area contributed by atoms with Crippen LogP contribution in [-0.2, 0) is 0 Å². The Morgan fingerprint density at radius 1 is 1.53 bits per heavy atom. The van der Waals surface area contributed by atoms with E-state index in [0.717, 1.165) is 28.7 Å². The van der Waals surface area contributed by atoms with Gasteiger partial charge in [0.15, 0.2) is 0 Å². The van der Waals surface area contributed by atoms with Crippen molar-refractivity contribution in [3.8, 4) is 0 Å². The van der Waals surface area contributed by atoms with Crippen LogP contribution in [-0.4, -0.2) is 18.6 Å². The van der Waals surface area contributed by atoms with Crippen LogP contribution in [0.5, 0.6) is 0 Å². The topological polar surface area (TPSA) is 29.3 Å². The maximum atomic E-state index is 6.26. The van der Waals surface area contributed by atoms with E-state index in [2.05, 4.69) is 11.9 Å². The van der Waals surface area contributed by atoms with Gasteiger partial charge in [-0.2, -0.15) is 0 Å². The maximum absolute atomic E-state index is 6.26. The van der Waals surface area contributed by atoms with E-state index in [1.165, 1.54) is 19.3 Å². The zero-order chi connectivity index (χ0) is 12.4. The highest BCUT2D eigenvalue weighted by Crippen LogP contribution is 2.31. The summed E-state index contributed by atoms with van der Waals surface area (Å²) < 4.78 is 0. The van der Waals surface area contributed by atoms with Gasteiger partial charge in [0.25, 0.3) is 0 Å². The molecule has 92 valence electrons. The average molecular weight is 269 g/mol. The quantitative estimate of drug-likeness (QED) is 0.851. The molecule has 0 spiro atoms. The number of hydrogen-bond acceptors (Lipinski definition) is 2. The van der Waals surface area contributed by atoms with Crippen LogP contribution in [0.3, 0.4) is 0 Å². The van der Waals surface area contributed by atoms with Crippen LogP contribution in [0.4, 0.5) is 5.69 Å². The third-order valence-electron chi connectivity index (χ3n) is 3.40. The number of halogens is 1. The summed E-state index contributed by atoms with van der Waals surface area (Å²) in [5.41, 5.74) is 7.46. The fourth-order valence-corrected chi connectivity index (χ4v) is 2.58. The summed E-state index contributed by atoms with van der Waals surface area (Å²) in [6.07, 6.45) is 4.05. The van der Waals surface area contributed by atoms with Crippen LogP contribution >= 0.6 is 23.8 Å². The molecule has 1 aromatic carbocycles. The summed E-state index contributed by atoms with van der Waals surface area (Å²) in [5.74, 6) is 0.825. The average Bonchev–Trinajstić information content (AvgIpc) is 2.22. The number of nitrogens with two attached hydrogens (primary N) is 1. The fourth-order valence-electron chi connectivity index (χ4n) is 2.13.